The molecule has 2 aliphatic rings. The van der Waals surface area contributed by atoms with E-state index in [1.54, 1.807) is 0 Å². The maximum absolute atomic E-state index is 10.8. The first-order valence-electron chi connectivity index (χ1n) is 5.70. The molecule has 2 fully saturated rings. The van der Waals surface area contributed by atoms with Crippen LogP contribution in [-0.2, 0) is 4.79 Å². The molecule has 0 aromatic carbocycles. The molecule has 2 saturated carbocycles. The van der Waals surface area contributed by atoms with Crippen LogP contribution in [0.5, 0.6) is 0 Å². The van der Waals surface area contributed by atoms with E-state index < -0.39 is 0 Å². The van der Waals surface area contributed by atoms with Crippen LogP contribution in [-0.4, -0.2) is 6.29 Å². The van der Waals surface area contributed by atoms with Crippen molar-refractivity contribution in [2.45, 2.75) is 51.9 Å². The van der Waals surface area contributed by atoms with E-state index in [2.05, 4.69) is 6.92 Å². The van der Waals surface area contributed by atoms with Crippen molar-refractivity contribution in [1.29, 1.82) is 0 Å². The Labute approximate surface area is 80.9 Å². The lowest BCUT2D eigenvalue weighted by Crippen LogP contribution is -2.18. The van der Waals surface area contributed by atoms with E-state index in [0.29, 0.717) is 0 Å². The Morgan fingerprint density at radius 1 is 1.38 bits per heavy atom. The van der Waals surface area contributed by atoms with Gasteiger partial charge in [0, 0.05) is 5.41 Å². The third kappa shape index (κ3) is 2.12. The Balaban J connectivity index is 1.83. The van der Waals surface area contributed by atoms with Crippen LogP contribution in [0.3, 0.4) is 0 Å². The lowest BCUT2D eigenvalue weighted by atomic mass is 9.77. The normalized spacial score (nSPS) is 37.0. The van der Waals surface area contributed by atoms with Crippen LogP contribution in [0.15, 0.2) is 0 Å². The molecule has 0 amide bonds. The Hall–Kier alpha value is -0.330. The Morgan fingerprint density at radius 2 is 2.15 bits per heavy atom. The summed E-state index contributed by atoms with van der Waals surface area (Å²) in [7, 11) is 0. The summed E-state index contributed by atoms with van der Waals surface area (Å²) in [4.78, 5) is 10.8. The minimum atomic E-state index is 0.154. The van der Waals surface area contributed by atoms with Crippen LogP contribution in [0.2, 0.25) is 0 Å². The summed E-state index contributed by atoms with van der Waals surface area (Å²) < 4.78 is 0. The molecular weight excluding hydrogens is 160 g/mol. The maximum atomic E-state index is 10.8. The molecule has 1 heteroatoms. The van der Waals surface area contributed by atoms with Gasteiger partial charge in [0.05, 0.1) is 0 Å². The fourth-order valence-electron chi connectivity index (χ4n) is 2.85. The molecule has 0 spiro atoms. The highest BCUT2D eigenvalue weighted by atomic mass is 16.1. The predicted molar refractivity (Wildman–Crippen MR) is 53.5 cm³/mol. The van der Waals surface area contributed by atoms with Crippen LogP contribution >= 0.6 is 0 Å². The molecule has 1 nitrogen and oxygen atoms in total. The summed E-state index contributed by atoms with van der Waals surface area (Å²) in [6.45, 7) is 2.35. The smallest absolute Gasteiger partial charge is 0.126 e. The molecule has 0 N–H and O–H groups in total. The van der Waals surface area contributed by atoms with Gasteiger partial charge in [-0.05, 0) is 37.5 Å². The number of aldehydes is 1. The lowest BCUT2D eigenvalue weighted by Gasteiger charge is -2.28. The van der Waals surface area contributed by atoms with Gasteiger partial charge in [-0.2, -0.15) is 0 Å². The lowest BCUT2D eigenvalue weighted by molar-refractivity contribution is -0.112. The first-order valence-corrected chi connectivity index (χ1v) is 5.70. The molecule has 13 heavy (non-hydrogen) atoms. The third-order valence-electron chi connectivity index (χ3n) is 3.88. The van der Waals surface area contributed by atoms with Crippen molar-refractivity contribution in [3.63, 3.8) is 0 Å². The monoisotopic (exact) mass is 180 g/mol. The average molecular weight is 180 g/mol. The number of carbonyl (C=O) groups excluding carboxylic acids is 1. The highest BCUT2D eigenvalue weighted by molar-refractivity contribution is 5.63. The number of hydrogen-bond acceptors (Lipinski definition) is 1. The highest BCUT2D eigenvalue weighted by Gasteiger charge is 2.44. The second kappa shape index (κ2) is 3.43. The largest absolute Gasteiger partial charge is 0.303 e. The van der Waals surface area contributed by atoms with E-state index in [1.165, 1.54) is 51.2 Å². The van der Waals surface area contributed by atoms with Crippen LogP contribution in [0.25, 0.3) is 0 Å². The first-order chi connectivity index (χ1) is 6.24. The van der Waals surface area contributed by atoms with Crippen molar-refractivity contribution in [2.24, 2.45) is 17.3 Å². The molecule has 2 atom stereocenters. The second-order valence-corrected chi connectivity index (χ2v) is 5.32. The van der Waals surface area contributed by atoms with E-state index in [-0.39, 0.29) is 5.41 Å². The second-order valence-electron chi connectivity index (χ2n) is 5.32. The Bertz CT molecular complexity index is 193. The van der Waals surface area contributed by atoms with Gasteiger partial charge in [0.2, 0.25) is 0 Å². The molecule has 0 saturated heterocycles. The van der Waals surface area contributed by atoms with Crippen molar-refractivity contribution in [1.82, 2.24) is 0 Å². The van der Waals surface area contributed by atoms with Gasteiger partial charge in [-0.15, -0.1) is 0 Å². The summed E-state index contributed by atoms with van der Waals surface area (Å²) in [5, 5.41) is 0. The molecule has 0 aromatic heterocycles. The number of hydrogen-bond donors (Lipinski definition) is 0. The summed E-state index contributed by atoms with van der Waals surface area (Å²) in [5.41, 5.74) is 0.154. The SMILES string of the molecule is CC1CCCC(CC2(C=O)CC2)C1. The van der Waals surface area contributed by atoms with Gasteiger partial charge < -0.3 is 4.79 Å². The van der Waals surface area contributed by atoms with E-state index in [0.717, 1.165) is 11.8 Å². The van der Waals surface area contributed by atoms with Gasteiger partial charge in [0.15, 0.2) is 0 Å². The third-order valence-corrected chi connectivity index (χ3v) is 3.88. The molecule has 0 aromatic rings. The van der Waals surface area contributed by atoms with Crippen LogP contribution in [0.4, 0.5) is 0 Å². The van der Waals surface area contributed by atoms with E-state index >= 15 is 0 Å². The Morgan fingerprint density at radius 3 is 2.69 bits per heavy atom. The number of carbonyl (C=O) groups is 1. The van der Waals surface area contributed by atoms with Gasteiger partial charge in [-0.25, -0.2) is 0 Å². The first kappa shape index (κ1) is 9.23. The molecular formula is C12H20O. The molecule has 0 heterocycles. The topological polar surface area (TPSA) is 17.1 Å². The van der Waals surface area contributed by atoms with Gasteiger partial charge in [-0.1, -0.05) is 26.2 Å². The minimum absolute atomic E-state index is 0.154. The van der Waals surface area contributed by atoms with Crippen molar-refractivity contribution < 1.29 is 4.79 Å². The zero-order valence-electron chi connectivity index (χ0n) is 8.59. The summed E-state index contributed by atoms with van der Waals surface area (Å²) in [5.74, 6) is 1.76. The highest BCUT2D eigenvalue weighted by Crippen LogP contribution is 2.51. The fraction of sp³-hybridized carbons (Fsp3) is 0.917. The number of rotatable bonds is 3. The van der Waals surface area contributed by atoms with Gasteiger partial charge in [-0.3, -0.25) is 0 Å². The summed E-state index contributed by atoms with van der Waals surface area (Å²) in [6, 6.07) is 0. The fourth-order valence-corrected chi connectivity index (χ4v) is 2.85. The summed E-state index contributed by atoms with van der Waals surface area (Å²) in [6.07, 6.45) is 10.3. The van der Waals surface area contributed by atoms with Crippen molar-refractivity contribution in [3.8, 4) is 0 Å². The van der Waals surface area contributed by atoms with E-state index in [9.17, 15) is 4.79 Å². The summed E-state index contributed by atoms with van der Waals surface area (Å²) >= 11 is 0. The zero-order valence-corrected chi connectivity index (χ0v) is 8.59. The van der Waals surface area contributed by atoms with Crippen molar-refractivity contribution in [3.05, 3.63) is 0 Å². The standard InChI is InChI=1S/C12H20O/c1-10-3-2-4-11(7-10)8-12(9-13)5-6-12/h9-11H,2-8H2,1H3. The van der Waals surface area contributed by atoms with Crippen LogP contribution < -0.4 is 0 Å². The van der Waals surface area contributed by atoms with Crippen molar-refractivity contribution in [2.75, 3.05) is 0 Å². The van der Waals surface area contributed by atoms with Crippen LogP contribution in [0, 0.1) is 17.3 Å². The molecule has 2 unspecified atom stereocenters. The Kier molecular flexibility index (Phi) is 2.44. The molecule has 2 aliphatic carbocycles. The quantitative estimate of drug-likeness (QED) is 0.610. The van der Waals surface area contributed by atoms with Gasteiger partial charge >= 0.3 is 0 Å². The maximum Gasteiger partial charge on any atom is 0.126 e. The minimum Gasteiger partial charge on any atom is -0.303 e. The molecule has 0 bridgehead atoms. The van der Waals surface area contributed by atoms with E-state index in [1.807, 2.05) is 0 Å². The predicted octanol–water partition coefficient (Wildman–Crippen LogP) is 3.18. The van der Waals surface area contributed by atoms with Gasteiger partial charge in [0.25, 0.3) is 0 Å². The van der Waals surface area contributed by atoms with E-state index in [4.69, 9.17) is 0 Å². The molecule has 0 radical (unpaired) electrons. The molecule has 2 rings (SSSR count). The average Bonchev–Trinajstić information content (AvgIpc) is 2.86. The van der Waals surface area contributed by atoms with Gasteiger partial charge in [0.1, 0.15) is 6.29 Å². The van der Waals surface area contributed by atoms with Crippen LogP contribution in [0.1, 0.15) is 51.9 Å². The van der Waals surface area contributed by atoms with Crippen molar-refractivity contribution >= 4 is 6.29 Å². The molecule has 74 valence electrons. The molecule has 0 aliphatic heterocycles. The zero-order chi connectivity index (χ0) is 9.31.